The fourth-order valence-corrected chi connectivity index (χ4v) is 3.41. The van der Waals surface area contributed by atoms with Crippen LogP contribution in [0.4, 0.5) is 15.9 Å². The molecule has 10 heteroatoms. The topological polar surface area (TPSA) is 98.9 Å². The number of nitrogens with one attached hydrogen (secondary N) is 1. The molecule has 3 aromatic rings. The molecule has 0 radical (unpaired) electrons. The Kier molecular flexibility index (Phi) is 7.70. The summed E-state index contributed by atoms with van der Waals surface area (Å²) in [6.45, 7) is 2.31. The van der Waals surface area contributed by atoms with Crippen molar-refractivity contribution >= 4 is 40.3 Å². The first-order valence-electron chi connectivity index (χ1n) is 9.20. The Labute approximate surface area is 191 Å². The van der Waals surface area contributed by atoms with Crippen molar-refractivity contribution in [2.75, 3.05) is 12.0 Å². The second-order valence-corrected chi connectivity index (χ2v) is 7.30. The number of hydrogen-bond donors (Lipinski definition) is 1. The fraction of sp³-hybridized carbons (Fsp3) is 0.143. The van der Waals surface area contributed by atoms with Crippen LogP contribution in [0.5, 0.6) is 11.5 Å². The third-order valence-electron chi connectivity index (χ3n) is 4.03. The largest absolute Gasteiger partial charge is 0.490 e. The second-order valence-electron chi connectivity index (χ2n) is 6.14. The van der Waals surface area contributed by atoms with Crippen LogP contribution < -0.4 is 14.9 Å². The second kappa shape index (κ2) is 10.7. The maximum atomic E-state index is 13.9. The van der Waals surface area contributed by atoms with Crippen molar-refractivity contribution in [1.29, 1.82) is 0 Å². The standard InChI is InChI=1S/C21H18FIN4O4/c1-2-30-19-11-14(12-25-26-21-18(27(28)29)8-5-9-24-21)10-17(23)20(19)31-13-15-6-3-4-7-16(15)22/h3-12H,2,13H2,1H3,(H,24,26)/b25-12-. The number of rotatable bonds is 9. The molecule has 31 heavy (non-hydrogen) atoms. The summed E-state index contributed by atoms with van der Waals surface area (Å²) in [5.41, 5.74) is 3.52. The Bertz CT molecular complexity index is 1110. The Morgan fingerprint density at radius 1 is 1.26 bits per heavy atom. The zero-order chi connectivity index (χ0) is 22.2. The van der Waals surface area contributed by atoms with E-state index in [2.05, 4.69) is 38.1 Å². The molecule has 0 aliphatic heterocycles. The van der Waals surface area contributed by atoms with Gasteiger partial charge in [0.1, 0.15) is 12.4 Å². The number of halogens is 2. The monoisotopic (exact) mass is 536 g/mol. The number of aromatic nitrogens is 1. The third kappa shape index (κ3) is 5.87. The predicted octanol–water partition coefficient (Wildman–Crippen LogP) is 5.16. The average Bonchev–Trinajstić information content (AvgIpc) is 2.75. The van der Waals surface area contributed by atoms with Crippen LogP contribution in [-0.4, -0.2) is 22.7 Å². The molecule has 0 spiro atoms. The maximum Gasteiger partial charge on any atom is 0.313 e. The van der Waals surface area contributed by atoms with Crippen molar-refractivity contribution in [3.63, 3.8) is 0 Å². The maximum absolute atomic E-state index is 13.9. The fourth-order valence-electron chi connectivity index (χ4n) is 2.63. The van der Waals surface area contributed by atoms with Gasteiger partial charge in [-0.25, -0.2) is 9.37 Å². The smallest absolute Gasteiger partial charge is 0.313 e. The van der Waals surface area contributed by atoms with Crippen LogP contribution in [0.1, 0.15) is 18.1 Å². The molecule has 0 aliphatic rings. The number of nitro groups is 1. The minimum atomic E-state index is -0.539. The Morgan fingerprint density at radius 2 is 2.06 bits per heavy atom. The molecular weight excluding hydrogens is 518 g/mol. The zero-order valence-electron chi connectivity index (χ0n) is 16.4. The molecule has 0 amide bonds. The van der Waals surface area contributed by atoms with Crippen LogP contribution in [0.25, 0.3) is 0 Å². The van der Waals surface area contributed by atoms with E-state index in [4.69, 9.17) is 9.47 Å². The minimum Gasteiger partial charge on any atom is -0.490 e. The van der Waals surface area contributed by atoms with Gasteiger partial charge in [-0.3, -0.25) is 15.5 Å². The van der Waals surface area contributed by atoms with Crippen LogP contribution in [0.2, 0.25) is 0 Å². The molecule has 0 atom stereocenters. The summed E-state index contributed by atoms with van der Waals surface area (Å²) in [5, 5.41) is 15.1. The van der Waals surface area contributed by atoms with Gasteiger partial charge in [0.05, 0.1) is 21.3 Å². The first-order valence-corrected chi connectivity index (χ1v) is 10.3. The number of ether oxygens (including phenoxy) is 2. The van der Waals surface area contributed by atoms with Gasteiger partial charge in [0.25, 0.3) is 0 Å². The summed E-state index contributed by atoms with van der Waals surface area (Å²) in [6, 6.07) is 12.7. The lowest BCUT2D eigenvalue weighted by Crippen LogP contribution is -2.04. The molecular formula is C21H18FIN4O4. The van der Waals surface area contributed by atoms with Gasteiger partial charge < -0.3 is 9.47 Å². The van der Waals surface area contributed by atoms with E-state index >= 15 is 0 Å². The van der Waals surface area contributed by atoms with Crippen LogP contribution >= 0.6 is 22.6 Å². The molecule has 0 saturated heterocycles. The number of hydrazone groups is 1. The van der Waals surface area contributed by atoms with Gasteiger partial charge in [0.15, 0.2) is 11.5 Å². The molecule has 0 unspecified atom stereocenters. The van der Waals surface area contributed by atoms with Crippen molar-refractivity contribution in [3.8, 4) is 11.5 Å². The predicted molar refractivity (Wildman–Crippen MR) is 123 cm³/mol. The summed E-state index contributed by atoms with van der Waals surface area (Å²) in [6.07, 6.45) is 2.92. The highest BCUT2D eigenvalue weighted by Crippen LogP contribution is 2.34. The van der Waals surface area contributed by atoms with Crippen molar-refractivity contribution in [3.05, 3.63) is 85.4 Å². The molecule has 0 bridgehead atoms. The van der Waals surface area contributed by atoms with Gasteiger partial charge >= 0.3 is 5.69 Å². The van der Waals surface area contributed by atoms with E-state index in [1.807, 2.05) is 6.92 Å². The van der Waals surface area contributed by atoms with Gasteiger partial charge in [0.2, 0.25) is 5.82 Å². The van der Waals surface area contributed by atoms with E-state index in [9.17, 15) is 14.5 Å². The first-order chi connectivity index (χ1) is 15.0. The third-order valence-corrected chi connectivity index (χ3v) is 4.83. The van der Waals surface area contributed by atoms with Crippen LogP contribution in [0.3, 0.4) is 0 Å². The highest BCUT2D eigenvalue weighted by atomic mass is 127. The van der Waals surface area contributed by atoms with Gasteiger partial charge in [-0.2, -0.15) is 5.10 Å². The quantitative estimate of drug-likeness (QED) is 0.176. The van der Waals surface area contributed by atoms with E-state index in [1.165, 1.54) is 30.6 Å². The summed E-state index contributed by atoms with van der Waals surface area (Å²) < 4.78 is 26.1. The Hall–Kier alpha value is -3.28. The summed E-state index contributed by atoms with van der Waals surface area (Å²) in [4.78, 5) is 14.4. The number of hydrogen-bond acceptors (Lipinski definition) is 7. The highest BCUT2D eigenvalue weighted by molar-refractivity contribution is 14.1. The van der Waals surface area contributed by atoms with Crippen LogP contribution in [-0.2, 0) is 6.61 Å². The molecule has 1 N–H and O–H groups in total. The normalized spacial score (nSPS) is 10.8. The van der Waals surface area contributed by atoms with Crippen LogP contribution in [0.15, 0.2) is 59.8 Å². The summed E-state index contributed by atoms with van der Waals surface area (Å²) in [7, 11) is 0. The Morgan fingerprint density at radius 3 is 2.81 bits per heavy atom. The van der Waals surface area contributed by atoms with Crippen molar-refractivity contribution in [1.82, 2.24) is 4.98 Å². The molecule has 0 saturated carbocycles. The zero-order valence-corrected chi connectivity index (χ0v) is 18.6. The lowest BCUT2D eigenvalue weighted by Gasteiger charge is -2.15. The SMILES string of the molecule is CCOc1cc(/C=N\Nc2ncccc2[N+](=O)[O-])cc(I)c1OCc1ccccc1F. The number of pyridine rings is 1. The molecule has 2 aromatic carbocycles. The summed E-state index contributed by atoms with van der Waals surface area (Å²) in [5.74, 6) is 0.675. The van der Waals surface area contributed by atoms with Gasteiger partial charge in [-0.15, -0.1) is 0 Å². The minimum absolute atomic E-state index is 0.0355. The van der Waals surface area contributed by atoms with Crippen molar-refractivity contribution in [2.24, 2.45) is 5.10 Å². The lowest BCUT2D eigenvalue weighted by molar-refractivity contribution is -0.384. The molecule has 3 rings (SSSR count). The summed E-state index contributed by atoms with van der Waals surface area (Å²) >= 11 is 2.10. The molecule has 0 aliphatic carbocycles. The first kappa shape index (κ1) is 22.4. The van der Waals surface area contributed by atoms with Crippen LogP contribution in [0, 0.1) is 19.5 Å². The number of anilines is 1. The van der Waals surface area contributed by atoms with Gasteiger partial charge in [0, 0.05) is 17.8 Å². The van der Waals surface area contributed by atoms with Gasteiger partial charge in [-0.05, 0) is 59.3 Å². The van der Waals surface area contributed by atoms with E-state index < -0.39 is 4.92 Å². The van der Waals surface area contributed by atoms with E-state index in [-0.39, 0.29) is 23.9 Å². The molecule has 0 fully saturated rings. The molecule has 1 heterocycles. The molecule has 1 aromatic heterocycles. The van der Waals surface area contributed by atoms with Crippen molar-refractivity contribution in [2.45, 2.75) is 13.5 Å². The molecule has 8 nitrogen and oxygen atoms in total. The Balaban J connectivity index is 1.79. The van der Waals surface area contributed by atoms with E-state index in [0.717, 1.165) is 3.57 Å². The lowest BCUT2D eigenvalue weighted by atomic mass is 10.2. The highest BCUT2D eigenvalue weighted by Gasteiger charge is 2.14. The van der Waals surface area contributed by atoms with Crippen molar-refractivity contribution < 1.29 is 18.8 Å². The number of benzene rings is 2. The number of nitrogens with zero attached hydrogens (tertiary/aromatic N) is 3. The van der Waals surface area contributed by atoms with E-state index in [1.54, 1.807) is 30.3 Å². The van der Waals surface area contributed by atoms with Gasteiger partial charge in [-0.1, -0.05) is 18.2 Å². The molecule has 160 valence electrons. The average molecular weight is 536 g/mol. The van der Waals surface area contributed by atoms with E-state index in [0.29, 0.717) is 29.2 Å².